The van der Waals surface area contributed by atoms with E-state index in [-0.39, 0.29) is 0 Å². The standard InChI is InChI=1S/C17H13N5S/c18-15-2-1-3-16(21-15)22-17-20-13-5-4-12(10-14(13)23-17)11-6-8-19-9-7-11/h1-10H,(H3,18,20,21,22). The van der Waals surface area contributed by atoms with Crippen molar-refractivity contribution in [2.45, 2.75) is 0 Å². The average molecular weight is 319 g/mol. The Labute approximate surface area is 136 Å². The number of fused-ring (bicyclic) bond motifs is 1. The van der Waals surface area contributed by atoms with Gasteiger partial charge in [0.2, 0.25) is 0 Å². The van der Waals surface area contributed by atoms with Gasteiger partial charge in [0.05, 0.1) is 10.2 Å². The fourth-order valence-electron chi connectivity index (χ4n) is 2.33. The first kappa shape index (κ1) is 13.7. The second-order valence-corrected chi connectivity index (χ2v) is 6.04. The van der Waals surface area contributed by atoms with Crippen molar-refractivity contribution in [3.63, 3.8) is 0 Å². The van der Waals surface area contributed by atoms with Crippen molar-refractivity contribution < 1.29 is 0 Å². The fraction of sp³-hybridized carbons (Fsp3) is 0. The fourth-order valence-corrected chi connectivity index (χ4v) is 3.24. The van der Waals surface area contributed by atoms with Gasteiger partial charge in [0.1, 0.15) is 11.6 Å². The summed E-state index contributed by atoms with van der Waals surface area (Å²) in [7, 11) is 0. The predicted octanol–water partition coefficient (Wildman–Crippen LogP) is 4.08. The van der Waals surface area contributed by atoms with Gasteiger partial charge in [-0.3, -0.25) is 4.98 Å². The molecule has 6 heteroatoms. The maximum atomic E-state index is 5.70. The third-order valence-corrected chi connectivity index (χ3v) is 4.34. The summed E-state index contributed by atoms with van der Waals surface area (Å²) in [5.41, 5.74) is 8.95. The minimum absolute atomic E-state index is 0.482. The maximum Gasteiger partial charge on any atom is 0.189 e. The largest absolute Gasteiger partial charge is 0.384 e. The number of pyridine rings is 2. The zero-order chi connectivity index (χ0) is 15.6. The van der Waals surface area contributed by atoms with Crippen LogP contribution in [-0.2, 0) is 0 Å². The highest BCUT2D eigenvalue weighted by atomic mass is 32.1. The van der Waals surface area contributed by atoms with Crippen LogP contribution < -0.4 is 11.1 Å². The van der Waals surface area contributed by atoms with Crippen LogP contribution in [0.5, 0.6) is 0 Å². The van der Waals surface area contributed by atoms with Gasteiger partial charge in [0.25, 0.3) is 0 Å². The van der Waals surface area contributed by atoms with Gasteiger partial charge in [-0.25, -0.2) is 9.97 Å². The minimum Gasteiger partial charge on any atom is -0.384 e. The molecule has 1 aromatic carbocycles. The second-order valence-electron chi connectivity index (χ2n) is 5.01. The van der Waals surface area contributed by atoms with Crippen LogP contribution >= 0.6 is 11.3 Å². The van der Waals surface area contributed by atoms with Gasteiger partial charge >= 0.3 is 0 Å². The maximum absolute atomic E-state index is 5.70. The van der Waals surface area contributed by atoms with Crippen LogP contribution in [0.25, 0.3) is 21.3 Å². The first-order chi connectivity index (χ1) is 11.3. The third kappa shape index (κ3) is 2.84. The number of nitrogens with two attached hydrogens (primary N) is 1. The van der Waals surface area contributed by atoms with E-state index in [0.29, 0.717) is 11.6 Å². The normalized spacial score (nSPS) is 10.8. The molecule has 4 aromatic rings. The molecule has 112 valence electrons. The summed E-state index contributed by atoms with van der Waals surface area (Å²) in [6.45, 7) is 0. The number of nitrogens with one attached hydrogen (secondary N) is 1. The number of rotatable bonds is 3. The van der Waals surface area contributed by atoms with Crippen LogP contribution in [0, 0.1) is 0 Å². The average Bonchev–Trinajstić information content (AvgIpc) is 2.97. The number of hydrogen-bond acceptors (Lipinski definition) is 6. The van der Waals surface area contributed by atoms with Gasteiger partial charge in [-0.15, -0.1) is 0 Å². The zero-order valence-electron chi connectivity index (χ0n) is 12.1. The summed E-state index contributed by atoms with van der Waals surface area (Å²) < 4.78 is 1.12. The van der Waals surface area contributed by atoms with Gasteiger partial charge in [0.15, 0.2) is 5.13 Å². The molecule has 0 bridgehead atoms. The molecule has 4 rings (SSSR count). The minimum atomic E-state index is 0.482. The Bertz CT molecular complexity index is 965. The highest BCUT2D eigenvalue weighted by Gasteiger charge is 2.07. The van der Waals surface area contributed by atoms with Crippen LogP contribution in [0.3, 0.4) is 0 Å². The molecule has 0 aliphatic carbocycles. The van der Waals surface area contributed by atoms with Crippen LogP contribution in [0.4, 0.5) is 16.8 Å². The first-order valence-electron chi connectivity index (χ1n) is 7.08. The van der Waals surface area contributed by atoms with Crippen LogP contribution in [0.2, 0.25) is 0 Å². The van der Waals surface area contributed by atoms with Crippen molar-refractivity contribution in [3.8, 4) is 11.1 Å². The van der Waals surface area contributed by atoms with Crippen LogP contribution in [0.1, 0.15) is 0 Å². The smallest absolute Gasteiger partial charge is 0.189 e. The van der Waals surface area contributed by atoms with Crippen molar-refractivity contribution in [2.24, 2.45) is 0 Å². The Hall–Kier alpha value is -2.99. The topological polar surface area (TPSA) is 76.7 Å². The first-order valence-corrected chi connectivity index (χ1v) is 7.90. The second kappa shape index (κ2) is 5.66. The van der Waals surface area contributed by atoms with Crippen molar-refractivity contribution in [1.82, 2.24) is 15.0 Å². The molecule has 0 radical (unpaired) electrons. The number of nitrogens with zero attached hydrogens (tertiary/aromatic N) is 3. The molecule has 3 heterocycles. The molecular weight excluding hydrogens is 306 g/mol. The quantitative estimate of drug-likeness (QED) is 0.595. The van der Waals surface area contributed by atoms with Crippen molar-refractivity contribution >= 4 is 38.3 Å². The van der Waals surface area contributed by atoms with E-state index < -0.39 is 0 Å². The van der Waals surface area contributed by atoms with Crippen molar-refractivity contribution in [3.05, 3.63) is 60.9 Å². The number of aromatic nitrogens is 3. The summed E-state index contributed by atoms with van der Waals surface area (Å²) in [4.78, 5) is 12.9. The van der Waals surface area contributed by atoms with E-state index in [9.17, 15) is 0 Å². The lowest BCUT2D eigenvalue weighted by Crippen LogP contribution is -1.95. The lowest BCUT2D eigenvalue weighted by atomic mass is 10.1. The molecule has 0 aliphatic rings. The molecule has 5 nitrogen and oxygen atoms in total. The number of hydrogen-bond donors (Lipinski definition) is 2. The summed E-state index contributed by atoms with van der Waals surface area (Å²) in [6, 6.07) is 15.7. The molecule has 3 aromatic heterocycles. The number of anilines is 3. The van der Waals surface area contributed by atoms with Gasteiger partial charge in [-0.1, -0.05) is 23.5 Å². The van der Waals surface area contributed by atoms with E-state index >= 15 is 0 Å². The molecule has 0 unspecified atom stereocenters. The van der Waals surface area contributed by atoms with Gasteiger partial charge in [0, 0.05) is 12.4 Å². The molecule has 0 saturated heterocycles. The molecule has 0 atom stereocenters. The number of thiazole rings is 1. The predicted molar refractivity (Wildman–Crippen MR) is 94.8 cm³/mol. The van der Waals surface area contributed by atoms with E-state index in [1.165, 1.54) is 0 Å². The Morgan fingerprint density at radius 3 is 2.61 bits per heavy atom. The summed E-state index contributed by atoms with van der Waals surface area (Å²) >= 11 is 1.59. The van der Waals surface area contributed by atoms with E-state index in [0.717, 1.165) is 26.5 Å². The highest BCUT2D eigenvalue weighted by Crippen LogP contribution is 2.31. The Morgan fingerprint density at radius 2 is 1.78 bits per heavy atom. The SMILES string of the molecule is Nc1cccc(Nc2nc3ccc(-c4ccncc4)cc3s2)n1. The van der Waals surface area contributed by atoms with Gasteiger partial charge in [-0.05, 0) is 47.5 Å². The molecule has 0 saturated carbocycles. The number of nitrogen functional groups attached to an aromatic ring is 1. The highest BCUT2D eigenvalue weighted by molar-refractivity contribution is 7.22. The van der Waals surface area contributed by atoms with Crippen LogP contribution in [0.15, 0.2) is 60.9 Å². The van der Waals surface area contributed by atoms with Crippen molar-refractivity contribution in [2.75, 3.05) is 11.1 Å². The lowest BCUT2D eigenvalue weighted by Gasteiger charge is -2.01. The molecule has 0 spiro atoms. The Morgan fingerprint density at radius 1 is 0.913 bits per heavy atom. The molecule has 0 fully saturated rings. The summed E-state index contributed by atoms with van der Waals surface area (Å²) in [5.74, 6) is 1.18. The zero-order valence-corrected chi connectivity index (χ0v) is 12.9. The third-order valence-electron chi connectivity index (χ3n) is 3.41. The van der Waals surface area contributed by atoms with Gasteiger partial charge < -0.3 is 11.1 Å². The van der Waals surface area contributed by atoms with Crippen molar-refractivity contribution in [1.29, 1.82) is 0 Å². The summed E-state index contributed by atoms with van der Waals surface area (Å²) in [5, 5.41) is 4.00. The molecule has 3 N–H and O–H groups in total. The summed E-state index contributed by atoms with van der Waals surface area (Å²) in [6.07, 6.45) is 3.59. The van der Waals surface area contributed by atoms with E-state index in [1.54, 1.807) is 29.8 Å². The Kier molecular flexibility index (Phi) is 3.36. The number of benzene rings is 1. The molecule has 23 heavy (non-hydrogen) atoms. The molecule has 0 amide bonds. The van der Waals surface area contributed by atoms with E-state index in [2.05, 4.69) is 32.4 Å². The monoisotopic (exact) mass is 319 g/mol. The van der Waals surface area contributed by atoms with Gasteiger partial charge in [-0.2, -0.15) is 0 Å². The Balaban J connectivity index is 1.68. The van der Waals surface area contributed by atoms with Crippen LogP contribution in [-0.4, -0.2) is 15.0 Å². The lowest BCUT2D eigenvalue weighted by molar-refractivity contribution is 1.30. The molecule has 0 aliphatic heterocycles. The van der Waals surface area contributed by atoms with E-state index in [1.807, 2.05) is 30.3 Å². The van der Waals surface area contributed by atoms with E-state index in [4.69, 9.17) is 5.73 Å². The molecular formula is C17H13N5S.